The summed E-state index contributed by atoms with van der Waals surface area (Å²) in [4.78, 5) is 0. The summed E-state index contributed by atoms with van der Waals surface area (Å²) in [5, 5.41) is 22.3. The minimum atomic E-state index is 0.621. The summed E-state index contributed by atoms with van der Waals surface area (Å²) in [7, 11) is 0. The highest BCUT2D eigenvalue weighted by molar-refractivity contribution is 6.16. The van der Waals surface area contributed by atoms with Crippen molar-refractivity contribution in [3.63, 3.8) is 0 Å². The fourth-order valence-corrected chi connectivity index (χ4v) is 4.15. The second-order valence-electron chi connectivity index (χ2n) is 7.65. The van der Waals surface area contributed by atoms with Gasteiger partial charge in [-0.2, -0.15) is 10.5 Å². The fraction of sp³-hybridized carbons (Fsp3) is 0. The van der Waals surface area contributed by atoms with Crippen molar-refractivity contribution in [1.82, 2.24) is 0 Å². The molecular weight excluding hydrogens is 396 g/mol. The Labute approximate surface area is 183 Å². The number of nitriles is 2. The van der Waals surface area contributed by atoms with Gasteiger partial charge in [-0.05, 0) is 95.7 Å². The molecule has 0 spiro atoms. The Balaban J connectivity index is 1.50. The number of hydrogen-bond acceptors (Lipinski definition) is 4. The van der Waals surface area contributed by atoms with Crippen LogP contribution in [0.15, 0.2) is 93.8 Å². The van der Waals surface area contributed by atoms with Gasteiger partial charge in [0, 0.05) is 21.9 Å². The van der Waals surface area contributed by atoms with E-state index in [4.69, 9.17) is 19.4 Å². The van der Waals surface area contributed by atoms with E-state index >= 15 is 0 Å². The van der Waals surface area contributed by atoms with Gasteiger partial charge in [0.25, 0.3) is 0 Å². The second-order valence-corrected chi connectivity index (χ2v) is 7.65. The third-order valence-electron chi connectivity index (χ3n) is 5.79. The van der Waals surface area contributed by atoms with Crippen LogP contribution in [0.4, 0.5) is 0 Å². The first kappa shape index (κ1) is 18.0. The van der Waals surface area contributed by atoms with E-state index in [0.717, 1.165) is 55.4 Å². The lowest BCUT2D eigenvalue weighted by Gasteiger charge is -1.99. The molecule has 32 heavy (non-hydrogen) atoms. The average molecular weight is 410 g/mol. The summed E-state index contributed by atoms with van der Waals surface area (Å²) in [5.74, 6) is 1.53. The lowest BCUT2D eigenvalue weighted by Crippen LogP contribution is -1.76. The minimum absolute atomic E-state index is 0.621. The molecule has 6 rings (SSSR count). The van der Waals surface area contributed by atoms with E-state index < -0.39 is 0 Å². The quantitative estimate of drug-likeness (QED) is 0.298. The van der Waals surface area contributed by atoms with Crippen LogP contribution in [0.5, 0.6) is 0 Å². The summed E-state index contributed by atoms with van der Waals surface area (Å²) in [6, 6.07) is 31.2. The van der Waals surface area contributed by atoms with Gasteiger partial charge >= 0.3 is 0 Å². The number of benzene rings is 4. The van der Waals surface area contributed by atoms with E-state index in [2.05, 4.69) is 24.3 Å². The van der Waals surface area contributed by atoms with E-state index in [1.807, 2.05) is 48.5 Å². The molecule has 0 N–H and O–H groups in total. The van der Waals surface area contributed by atoms with Gasteiger partial charge in [-0.1, -0.05) is 0 Å². The van der Waals surface area contributed by atoms with Gasteiger partial charge in [0.2, 0.25) is 0 Å². The molecule has 4 aromatic carbocycles. The predicted octanol–water partition coefficient (Wildman–Crippen LogP) is 7.41. The molecule has 0 aliphatic heterocycles. The van der Waals surface area contributed by atoms with Crippen molar-refractivity contribution < 1.29 is 8.83 Å². The van der Waals surface area contributed by atoms with E-state index in [1.165, 1.54) is 0 Å². The van der Waals surface area contributed by atoms with E-state index in [-0.39, 0.29) is 0 Å². The normalized spacial score (nSPS) is 11.1. The molecular formula is C28H14N2O2. The van der Waals surface area contributed by atoms with Gasteiger partial charge in [-0.25, -0.2) is 0 Å². The van der Waals surface area contributed by atoms with Gasteiger partial charge in [0.15, 0.2) is 0 Å². The number of nitrogens with zero attached hydrogens (tertiary/aromatic N) is 2. The standard InChI is InChI=1S/C28H14N2O2/c29-15-17-1-5-19(6-2-17)27-13-23-21-10-12-26-24(22(21)9-11-25(23)31-27)14-28(32-26)20-7-3-18(16-30)4-8-20/h1-14H. The maximum atomic E-state index is 9.02. The molecule has 0 saturated heterocycles. The van der Waals surface area contributed by atoms with Crippen LogP contribution in [0.3, 0.4) is 0 Å². The van der Waals surface area contributed by atoms with Crippen molar-refractivity contribution in [3.8, 4) is 34.8 Å². The number of fused-ring (bicyclic) bond motifs is 5. The smallest absolute Gasteiger partial charge is 0.135 e. The van der Waals surface area contributed by atoms with Crippen LogP contribution in [0.1, 0.15) is 11.1 Å². The van der Waals surface area contributed by atoms with Gasteiger partial charge in [0.1, 0.15) is 22.7 Å². The molecule has 0 fully saturated rings. The van der Waals surface area contributed by atoms with Gasteiger partial charge in [-0.15, -0.1) is 0 Å². The highest BCUT2D eigenvalue weighted by Gasteiger charge is 2.14. The molecule has 0 unspecified atom stereocenters. The number of hydrogen-bond donors (Lipinski definition) is 0. The van der Waals surface area contributed by atoms with Crippen LogP contribution in [-0.4, -0.2) is 0 Å². The third kappa shape index (κ3) is 2.75. The van der Waals surface area contributed by atoms with Crippen LogP contribution < -0.4 is 0 Å². The van der Waals surface area contributed by atoms with Crippen molar-refractivity contribution in [3.05, 3.63) is 96.1 Å². The van der Waals surface area contributed by atoms with Crippen LogP contribution >= 0.6 is 0 Å². The van der Waals surface area contributed by atoms with Crippen LogP contribution in [-0.2, 0) is 0 Å². The van der Waals surface area contributed by atoms with Gasteiger partial charge < -0.3 is 8.83 Å². The zero-order valence-electron chi connectivity index (χ0n) is 16.8. The van der Waals surface area contributed by atoms with Crippen molar-refractivity contribution in [2.45, 2.75) is 0 Å². The largest absolute Gasteiger partial charge is 0.456 e. The van der Waals surface area contributed by atoms with Crippen LogP contribution in [0.2, 0.25) is 0 Å². The van der Waals surface area contributed by atoms with E-state index in [0.29, 0.717) is 11.1 Å². The summed E-state index contributed by atoms with van der Waals surface area (Å²) < 4.78 is 12.2. The Hall–Kier alpha value is -4.80. The van der Waals surface area contributed by atoms with Gasteiger partial charge in [-0.3, -0.25) is 0 Å². The number of furan rings is 2. The molecule has 6 aromatic rings. The lowest BCUT2D eigenvalue weighted by atomic mass is 10.0. The maximum absolute atomic E-state index is 9.02. The van der Waals surface area contributed by atoms with Crippen molar-refractivity contribution in [1.29, 1.82) is 10.5 Å². The molecule has 4 heteroatoms. The van der Waals surface area contributed by atoms with E-state index in [1.54, 1.807) is 24.3 Å². The Morgan fingerprint density at radius 3 is 1.25 bits per heavy atom. The zero-order chi connectivity index (χ0) is 21.7. The monoisotopic (exact) mass is 410 g/mol. The summed E-state index contributed by atoms with van der Waals surface area (Å²) in [6.07, 6.45) is 0. The first-order valence-corrected chi connectivity index (χ1v) is 10.1. The van der Waals surface area contributed by atoms with E-state index in [9.17, 15) is 0 Å². The Morgan fingerprint density at radius 2 is 0.875 bits per heavy atom. The second kappa shape index (κ2) is 6.87. The summed E-state index contributed by atoms with van der Waals surface area (Å²) in [5.41, 5.74) is 4.73. The molecule has 0 bridgehead atoms. The molecule has 0 atom stereocenters. The SMILES string of the molecule is N#Cc1ccc(-c2cc3c(ccc4c5cc(-c6ccc(C#N)cc6)oc5ccc34)o2)cc1. The van der Waals surface area contributed by atoms with Crippen molar-refractivity contribution in [2.24, 2.45) is 0 Å². The molecule has 0 amide bonds. The first-order chi connectivity index (χ1) is 15.7. The first-order valence-electron chi connectivity index (χ1n) is 10.1. The molecule has 0 radical (unpaired) electrons. The van der Waals surface area contributed by atoms with Crippen LogP contribution in [0.25, 0.3) is 55.4 Å². The Bertz CT molecular complexity index is 1590. The molecule has 2 heterocycles. The summed E-state index contributed by atoms with van der Waals surface area (Å²) >= 11 is 0. The fourth-order valence-electron chi connectivity index (χ4n) is 4.15. The zero-order valence-corrected chi connectivity index (χ0v) is 16.8. The van der Waals surface area contributed by atoms with Crippen molar-refractivity contribution >= 4 is 32.7 Å². The lowest BCUT2D eigenvalue weighted by molar-refractivity contribution is 0.631. The number of rotatable bonds is 2. The topological polar surface area (TPSA) is 73.9 Å². The summed E-state index contributed by atoms with van der Waals surface area (Å²) in [6.45, 7) is 0. The molecule has 4 nitrogen and oxygen atoms in total. The molecule has 0 aliphatic rings. The maximum Gasteiger partial charge on any atom is 0.135 e. The highest BCUT2D eigenvalue weighted by Crippen LogP contribution is 2.38. The Kier molecular flexibility index (Phi) is 3.87. The third-order valence-corrected chi connectivity index (χ3v) is 5.79. The Morgan fingerprint density at radius 1 is 0.469 bits per heavy atom. The molecule has 2 aromatic heterocycles. The predicted molar refractivity (Wildman–Crippen MR) is 124 cm³/mol. The molecule has 148 valence electrons. The van der Waals surface area contributed by atoms with Crippen LogP contribution in [0, 0.1) is 22.7 Å². The molecule has 0 saturated carbocycles. The van der Waals surface area contributed by atoms with Gasteiger partial charge in [0.05, 0.1) is 23.3 Å². The molecule has 0 aliphatic carbocycles. The average Bonchev–Trinajstić information content (AvgIpc) is 3.48. The minimum Gasteiger partial charge on any atom is -0.456 e. The van der Waals surface area contributed by atoms with Crippen molar-refractivity contribution in [2.75, 3.05) is 0 Å². The highest BCUT2D eigenvalue weighted by atomic mass is 16.3.